The predicted molar refractivity (Wildman–Crippen MR) is 70.3 cm³/mol. The summed E-state index contributed by atoms with van der Waals surface area (Å²) < 4.78 is 0. The lowest BCUT2D eigenvalue weighted by molar-refractivity contribution is 0.420. The minimum absolute atomic E-state index is 0.113. The van der Waals surface area contributed by atoms with Gasteiger partial charge in [-0.05, 0) is 37.3 Å². The van der Waals surface area contributed by atoms with Crippen LogP contribution in [0.25, 0.3) is 0 Å². The van der Waals surface area contributed by atoms with Crippen molar-refractivity contribution < 1.29 is 0 Å². The second-order valence-electron chi connectivity index (χ2n) is 5.28. The maximum Gasteiger partial charge on any atom is 0.0472 e. The van der Waals surface area contributed by atoms with E-state index in [0.29, 0.717) is 5.92 Å². The van der Waals surface area contributed by atoms with Crippen LogP contribution in [0.5, 0.6) is 0 Å². The smallest absolute Gasteiger partial charge is 0.0472 e. The Morgan fingerprint density at radius 3 is 1.94 bits per heavy atom. The number of hydrogen-bond donors (Lipinski definition) is 2. The summed E-state index contributed by atoms with van der Waals surface area (Å²) in [4.78, 5) is 0. The first kappa shape index (κ1) is 13.2. The average Bonchev–Trinajstić information content (AvgIpc) is 2.26. The molecule has 0 fully saturated rings. The van der Waals surface area contributed by atoms with Crippen LogP contribution in [0, 0.1) is 0 Å². The highest BCUT2D eigenvalue weighted by Gasteiger charge is 2.22. The van der Waals surface area contributed by atoms with Gasteiger partial charge in [0.2, 0.25) is 0 Å². The summed E-state index contributed by atoms with van der Waals surface area (Å²) in [7, 11) is 0. The molecule has 2 heteroatoms. The fourth-order valence-corrected chi connectivity index (χ4v) is 1.70. The summed E-state index contributed by atoms with van der Waals surface area (Å²) in [6.45, 7) is 8.36. The van der Waals surface area contributed by atoms with Gasteiger partial charge in [0, 0.05) is 11.6 Å². The highest BCUT2D eigenvalue weighted by Crippen LogP contribution is 2.24. The molecule has 0 saturated carbocycles. The third-order valence-corrected chi connectivity index (χ3v) is 3.28. The van der Waals surface area contributed by atoms with Crippen molar-refractivity contribution in [1.82, 2.24) is 0 Å². The molecule has 0 aliphatic rings. The maximum atomic E-state index is 6.11. The van der Waals surface area contributed by atoms with Gasteiger partial charge in [-0.1, -0.05) is 38.1 Å². The molecule has 1 aromatic rings. The van der Waals surface area contributed by atoms with Crippen molar-refractivity contribution in [2.45, 2.75) is 51.6 Å². The minimum Gasteiger partial charge on any atom is -0.324 e. The van der Waals surface area contributed by atoms with Crippen molar-refractivity contribution in [1.29, 1.82) is 0 Å². The molecular formula is C14H24N2. The first-order valence-electron chi connectivity index (χ1n) is 6.00. The van der Waals surface area contributed by atoms with Crippen molar-refractivity contribution in [3.63, 3.8) is 0 Å². The van der Waals surface area contributed by atoms with Crippen LogP contribution in [-0.4, -0.2) is 5.54 Å². The van der Waals surface area contributed by atoms with E-state index in [9.17, 15) is 0 Å². The first-order valence-corrected chi connectivity index (χ1v) is 6.00. The third-order valence-electron chi connectivity index (χ3n) is 3.28. The van der Waals surface area contributed by atoms with Gasteiger partial charge in [0.15, 0.2) is 0 Å². The number of rotatable bonds is 4. The molecule has 90 valence electrons. The monoisotopic (exact) mass is 220 g/mol. The Bertz CT molecular complexity index is 322. The van der Waals surface area contributed by atoms with E-state index in [1.807, 2.05) is 13.8 Å². The van der Waals surface area contributed by atoms with Crippen LogP contribution in [0.4, 0.5) is 0 Å². The molecule has 0 spiro atoms. The molecule has 0 radical (unpaired) electrons. The van der Waals surface area contributed by atoms with Gasteiger partial charge in [-0.15, -0.1) is 0 Å². The number of nitrogens with two attached hydrogens (primary N) is 2. The second kappa shape index (κ2) is 4.98. The Morgan fingerprint density at radius 2 is 1.56 bits per heavy atom. The fourth-order valence-electron chi connectivity index (χ4n) is 1.70. The van der Waals surface area contributed by atoms with Crippen molar-refractivity contribution >= 4 is 0 Å². The molecule has 16 heavy (non-hydrogen) atoms. The average molecular weight is 220 g/mol. The van der Waals surface area contributed by atoms with Gasteiger partial charge in [0.25, 0.3) is 0 Å². The summed E-state index contributed by atoms with van der Waals surface area (Å²) >= 11 is 0. The first-order chi connectivity index (χ1) is 7.36. The Labute approximate surface area is 99.0 Å². The van der Waals surface area contributed by atoms with E-state index in [0.717, 1.165) is 12.0 Å². The summed E-state index contributed by atoms with van der Waals surface area (Å²) in [6.07, 6.45) is 1.16. The van der Waals surface area contributed by atoms with E-state index in [4.69, 9.17) is 11.5 Å². The van der Waals surface area contributed by atoms with E-state index in [2.05, 4.69) is 38.1 Å². The van der Waals surface area contributed by atoms with Gasteiger partial charge in [-0.2, -0.15) is 0 Å². The van der Waals surface area contributed by atoms with E-state index in [1.54, 1.807) is 0 Å². The molecule has 4 N–H and O–H groups in total. The third kappa shape index (κ3) is 3.06. The number of hydrogen-bond acceptors (Lipinski definition) is 2. The Morgan fingerprint density at radius 1 is 1.12 bits per heavy atom. The molecule has 2 nitrogen and oxygen atoms in total. The van der Waals surface area contributed by atoms with Crippen molar-refractivity contribution in [2.75, 3.05) is 0 Å². The predicted octanol–water partition coefficient (Wildman–Crippen LogP) is 2.94. The van der Waals surface area contributed by atoms with Gasteiger partial charge in [-0.3, -0.25) is 0 Å². The normalized spacial score (nSPS) is 15.9. The minimum atomic E-state index is -0.377. The Balaban J connectivity index is 2.87. The van der Waals surface area contributed by atoms with Crippen LogP contribution in [-0.2, 0) is 0 Å². The van der Waals surface area contributed by atoms with Gasteiger partial charge >= 0.3 is 0 Å². The molecule has 0 heterocycles. The van der Waals surface area contributed by atoms with Crippen molar-refractivity contribution in [3.8, 4) is 0 Å². The second-order valence-corrected chi connectivity index (χ2v) is 5.28. The molecule has 0 aliphatic heterocycles. The zero-order valence-electron chi connectivity index (χ0n) is 10.8. The molecule has 1 aromatic carbocycles. The van der Waals surface area contributed by atoms with Crippen molar-refractivity contribution in [2.24, 2.45) is 11.5 Å². The molecule has 0 amide bonds. The van der Waals surface area contributed by atoms with E-state index >= 15 is 0 Å². The summed E-state index contributed by atoms with van der Waals surface area (Å²) in [6, 6.07) is 8.41. The lowest BCUT2D eigenvalue weighted by Crippen LogP contribution is -2.43. The maximum absolute atomic E-state index is 6.11. The lowest BCUT2D eigenvalue weighted by Gasteiger charge is -2.27. The van der Waals surface area contributed by atoms with Crippen LogP contribution in [0.1, 0.15) is 57.2 Å². The SMILES string of the molecule is CCC(C)c1ccc(C(N)C(C)(C)N)cc1. The van der Waals surface area contributed by atoms with Crippen molar-refractivity contribution in [3.05, 3.63) is 35.4 Å². The zero-order valence-corrected chi connectivity index (χ0v) is 10.8. The lowest BCUT2D eigenvalue weighted by atomic mass is 9.89. The highest BCUT2D eigenvalue weighted by atomic mass is 14.8. The Hall–Kier alpha value is -0.860. The molecule has 1 rings (SSSR count). The molecule has 0 bridgehead atoms. The van der Waals surface area contributed by atoms with Crippen LogP contribution in [0.2, 0.25) is 0 Å². The Kier molecular flexibility index (Phi) is 4.11. The van der Waals surface area contributed by atoms with Gasteiger partial charge in [0.05, 0.1) is 0 Å². The fraction of sp³-hybridized carbons (Fsp3) is 0.571. The van der Waals surface area contributed by atoms with Crippen LogP contribution in [0.15, 0.2) is 24.3 Å². The standard InChI is InChI=1S/C14H24N2/c1-5-10(2)11-6-8-12(9-7-11)13(15)14(3,4)16/h6-10,13H,5,15-16H2,1-4H3. The van der Waals surface area contributed by atoms with Crippen LogP contribution in [0.3, 0.4) is 0 Å². The molecule has 0 aliphatic carbocycles. The van der Waals surface area contributed by atoms with Gasteiger partial charge in [-0.25, -0.2) is 0 Å². The van der Waals surface area contributed by atoms with Crippen LogP contribution < -0.4 is 11.5 Å². The van der Waals surface area contributed by atoms with E-state index in [1.165, 1.54) is 5.56 Å². The summed E-state index contributed by atoms with van der Waals surface area (Å²) in [5.74, 6) is 0.608. The van der Waals surface area contributed by atoms with Gasteiger partial charge in [0.1, 0.15) is 0 Å². The molecule has 2 unspecified atom stereocenters. The zero-order chi connectivity index (χ0) is 12.3. The van der Waals surface area contributed by atoms with E-state index < -0.39 is 0 Å². The largest absolute Gasteiger partial charge is 0.324 e. The summed E-state index contributed by atoms with van der Waals surface area (Å²) in [5.41, 5.74) is 14.2. The molecule has 0 saturated heterocycles. The van der Waals surface area contributed by atoms with Gasteiger partial charge < -0.3 is 11.5 Å². The molecule has 2 atom stereocenters. The quantitative estimate of drug-likeness (QED) is 0.819. The molecule has 0 aromatic heterocycles. The topological polar surface area (TPSA) is 52.0 Å². The van der Waals surface area contributed by atoms with Crippen LogP contribution >= 0.6 is 0 Å². The number of benzene rings is 1. The highest BCUT2D eigenvalue weighted by molar-refractivity contribution is 5.28. The molecular weight excluding hydrogens is 196 g/mol. The van der Waals surface area contributed by atoms with E-state index in [-0.39, 0.29) is 11.6 Å². The summed E-state index contributed by atoms with van der Waals surface area (Å²) in [5, 5.41) is 0.